The van der Waals surface area contributed by atoms with Crippen molar-refractivity contribution in [3.8, 4) is 23.1 Å². The number of rotatable bonds is 4. The maximum atomic E-state index is 12.9. The number of ether oxygens (including phenoxy) is 2. The molecule has 3 rings (SSSR count). The number of nitriles is 1. The Morgan fingerprint density at radius 2 is 1.83 bits per heavy atom. The molecule has 0 amide bonds. The van der Waals surface area contributed by atoms with E-state index in [4.69, 9.17) is 9.47 Å². The van der Waals surface area contributed by atoms with Gasteiger partial charge in [-0.05, 0) is 29.8 Å². The first-order valence-corrected chi connectivity index (χ1v) is 8.57. The molecule has 1 aromatic heterocycles. The predicted molar refractivity (Wildman–Crippen MR) is 97.0 cm³/mol. The van der Waals surface area contributed by atoms with Crippen molar-refractivity contribution in [1.82, 2.24) is 9.55 Å². The first-order valence-electron chi connectivity index (χ1n) is 8.57. The van der Waals surface area contributed by atoms with Gasteiger partial charge in [0.25, 0.3) is 5.56 Å². The molecule has 5 atom stereocenters. The highest BCUT2D eigenvalue weighted by molar-refractivity contribution is 5.66. The van der Waals surface area contributed by atoms with Gasteiger partial charge in [0.15, 0.2) is 6.23 Å². The molecule has 0 aliphatic carbocycles. The number of aromatic amines is 1. The van der Waals surface area contributed by atoms with Crippen molar-refractivity contribution >= 4 is 0 Å². The van der Waals surface area contributed by atoms with Gasteiger partial charge in [-0.15, -0.1) is 0 Å². The van der Waals surface area contributed by atoms with E-state index in [1.807, 2.05) is 0 Å². The molecular formula is C18H19N3O8. The molecule has 154 valence electrons. The quantitative estimate of drug-likeness (QED) is 0.387. The molecule has 29 heavy (non-hydrogen) atoms. The number of nitrogens with zero attached hydrogens (tertiary/aromatic N) is 2. The number of H-pyrrole nitrogens is 1. The lowest BCUT2D eigenvalue weighted by Crippen LogP contribution is -2.59. The molecule has 0 radical (unpaired) electrons. The standard InChI is InChI=1S/C18H19N3O8/c1-28-9-4-2-8(3-5-9)12-10(6-19)16(26)21(18(27)20-12)17-15(25)14(24)13(23)11(7-22)29-17/h2-5,11,13-15,17,22-25H,7H2,1H3,(H,20,27). The molecule has 11 nitrogen and oxygen atoms in total. The van der Waals surface area contributed by atoms with Crippen molar-refractivity contribution in [1.29, 1.82) is 5.26 Å². The highest BCUT2D eigenvalue weighted by Gasteiger charge is 2.45. The second kappa shape index (κ2) is 8.16. The minimum Gasteiger partial charge on any atom is -0.497 e. The molecule has 2 heterocycles. The zero-order chi connectivity index (χ0) is 21.3. The van der Waals surface area contributed by atoms with Crippen molar-refractivity contribution in [2.24, 2.45) is 0 Å². The first kappa shape index (κ1) is 20.7. The maximum Gasteiger partial charge on any atom is 0.331 e. The van der Waals surface area contributed by atoms with Gasteiger partial charge < -0.3 is 34.9 Å². The number of benzene rings is 1. The van der Waals surface area contributed by atoms with Crippen molar-refractivity contribution in [2.45, 2.75) is 30.6 Å². The molecule has 0 bridgehead atoms. The third-order valence-electron chi connectivity index (χ3n) is 4.75. The van der Waals surface area contributed by atoms with Crippen LogP contribution in [-0.4, -0.2) is 68.1 Å². The number of nitrogens with one attached hydrogen (secondary N) is 1. The minimum atomic E-state index is -1.86. The van der Waals surface area contributed by atoms with Gasteiger partial charge in [-0.25, -0.2) is 9.36 Å². The fourth-order valence-corrected chi connectivity index (χ4v) is 3.15. The third kappa shape index (κ3) is 3.55. The average molecular weight is 405 g/mol. The lowest BCUT2D eigenvalue weighted by Gasteiger charge is -2.40. The van der Waals surface area contributed by atoms with Gasteiger partial charge in [0.1, 0.15) is 41.8 Å². The van der Waals surface area contributed by atoms with E-state index in [-0.39, 0.29) is 5.69 Å². The van der Waals surface area contributed by atoms with Crippen LogP contribution >= 0.6 is 0 Å². The minimum absolute atomic E-state index is 0.0361. The first-order chi connectivity index (χ1) is 13.8. The summed E-state index contributed by atoms with van der Waals surface area (Å²) in [6.07, 6.45) is -8.35. The largest absolute Gasteiger partial charge is 0.497 e. The molecule has 5 N–H and O–H groups in total. The summed E-state index contributed by atoms with van der Waals surface area (Å²) in [7, 11) is 1.47. The van der Waals surface area contributed by atoms with Crippen molar-refractivity contribution in [3.63, 3.8) is 0 Å². The summed E-state index contributed by atoms with van der Waals surface area (Å²) in [4.78, 5) is 27.9. The average Bonchev–Trinajstić information content (AvgIpc) is 2.73. The van der Waals surface area contributed by atoms with Crippen molar-refractivity contribution in [3.05, 3.63) is 50.7 Å². The van der Waals surface area contributed by atoms with Gasteiger partial charge in [-0.1, -0.05) is 0 Å². The van der Waals surface area contributed by atoms with E-state index < -0.39 is 54.1 Å². The predicted octanol–water partition coefficient (Wildman–Crippen LogP) is -1.94. The van der Waals surface area contributed by atoms with Gasteiger partial charge in [-0.2, -0.15) is 5.26 Å². The molecule has 1 aliphatic heterocycles. The van der Waals surface area contributed by atoms with Crippen LogP contribution in [0.15, 0.2) is 33.9 Å². The van der Waals surface area contributed by atoms with E-state index in [9.17, 15) is 35.3 Å². The molecule has 0 spiro atoms. The summed E-state index contributed by atoms with van der Waals surface area (Å²) in [5.41, 5.74) is -2.16. The van der Waals surface area contributed by atoms with Crippen LogP contribution in [0.3, 0.4) is 0 Å². The van der Waals surface area contributed by atoms with Crippen LogP contribution in [-0.2, 0) is 4.74 Å². The summed E-state index contributed by atoms with van der Waals surface area (Å²) in [5, 5.41) is 48.8. The van der Waals surface area contributed by atoms with Gasteiger partial charge in [0.05, 0.1) is 19.4 Å². The molecule has 1 fully saturated rings. The second-order valence-corrected chi connectivity index (χ2v) is 6.42. The van der Waals surface area contributed by atoms with E-state index in [1.165, 1.54) is 7.11 Å². The van der Waals surface area contributed by atoms with Crippen molar-refractivity contribution in [2.75, 3.05) is 13.7 Å². The van der Waals surface area contributed by atoms with E-state index in [0.717, 1.165) is 0 Å². The molecule has 2 aromatic rings. The Hall–Kier alpha value is -3.01. The maximum absolute atomic E-state index is 12.9. The second-order valence-electron chi connectivity index (χ2n) is 6.42. The SMILES string of the molecule is COc1ccc(-c2[nH]c(=O)n(C3OC(CO)C(O)C(O)C3O)c(=O)c2C#N)cc1. The molecule has 5 unspecified atom stereocenters. The summed E-state index contributed by atoms with van der Waals surface area (Å²) < 4.78 is 10.7. The van der Waals surface area contributed by atoms with Crippen LogP contribution in [0.4, 0.5) is 0 Å². The van der Waals surface area contributed by atoms with E-state index in [1.54, 1.807) is 30.3 Å². The fraction of sp³-hybridized carbons (Fsp3) is 0.389. The van der Waals surface area contributed by atoms with E-state index in [2.05, 4.69) is 4.98 Å². The van der Waals surface area contributed by atoms with Crippen LogP contribution in [0.1, 0.15) is 11.8 Å². The van der Waals surface area contributed by atoms with E-state index in [0.29, 0.717) is 15.9 Å². The van der Waals surface area contributed by atoms with Gasteiger partial charge >= 0.3 is 5.69 Å². The third-order valence-corrected chi connectivity index (χ3v) is 4.75. The molecule has 1 aliphatic rings. The molecule has 1 aromatic carbocycles. The Kier molecular flexibility index (Phi) is 5.83. The van der Waals surface area contributed by atoms with Gasteiger partial charge in [0, 0.05) is 0 Å². The highest BCUT2D eigenvalue weighted by Crippen LogP contribution is 2.27. The summed E-state index contributed by atoms with van der Waals surface area (Å²) in [6.45, 7) is -0.733. The Labute approximate surface area is 163 Å². The fourth-order valence-electron chi connectivity index (χ4n) is 3.15. The zero-order valence-electron chi connectivity index (χ0n) is 15.2. The zero-order valence-corrected chi connectivity index (χ0v) is 15.2. The van der Waals surface area contributed by atoms with Gasteiger partial charge in [0.2, 0.25) is 0 Å². The van der Waals surface area contributed by atoms with Crippen LogP contribution < -0.4 is 16.0 Å². The summed E-state index contributed by atoms with van der Waals surface area (Å²) in [6, 6.07) is 7.98. The topological polar surface area (TPSA) is 178 Å². The number of aromatic nitrogens is 2. The summed E-state index contributed by atoms with van der Waals surface area (Å²) in [5.74, 6) is 0.532. The van der Waals surface area contributed by atoms with Crippen LogP contribution in [0.2, 0.25) is 0 Å². The molecule has 0 saturated carbocycles. The Bertz CT molecular complexity index is 1040. The lowest BCUT2D eigenvalue weighted by atomic mass is 9.98. The number of aliphatic hydroxyl groups excluding tert-OH is 4. The van der Waals surface area contributed by atoms with Crippen LogP contribution in [0.25, 0.3) is 11.3 Å². The highest BCUT2D eigenvalue weighted by atomic mass is 16.6. The number of aliphatic hydroxyl groups is 4. The normalized spacial score (nSPS) is 26.7. The number of methoxy groups -OCH3 is 1. The Morgan fingerprint density at radius 3 is 2.38 bits per heavy atom. The van der Waals surface area contributed by atoms with Crippen LogP contribution in [0.5, 0.6) is 5.75 Å². The van der Waals surface area contributed by atoms with Crippen molar-refractivity contribution < 1.29 is 29.9 Å². The lowest BCUT2D eigenvalue weighted by molar-refractivity contribution is -0.252. The smallest absolute Gasteiger partial charge is 0.331 e. The molecule has 11 heteroatoms. The number of hydrogen-bond acceptors (Lipinski definition) is 9. The summed E-state index contributed by atoms with van der Waals surface area (Å²) >= 11 is 0. The number of hydrogen-bond donors (Lipinski definition) is 5. The van der Waals surface area contributed by atoms with Gasteiger partial charge in [-0.3, -0.25) is 4.79 Å². The molecular weight excluding hydrogens is 386 g/mol. The van der Waals surface area contributed by atoms with Crippen LogP contribution in [0, 0.1) is 11.3 Å². The Morgan fingerprint density at radius 1 is 1.17 bits per heavy atom. The van der Waals surface area contributed by atoms with E-state index >= 15 is 0 Å². The molecule has 1 saturated heterocycles. The Balaban J connectivity index is 2.13. The monoisotopic (exact) mass is 405 g/mol.